The number of nitrogens with one attached hydrogen (secondary N) is 1. The van der Waals surface area contributed by atoms with Crippen LogP contribution < -0.4 is 5.32 Å². The van der Waals surface area contributed by atoms with Gasteiger partial charge in [0.1, 0.15) is 0 Å². The monoisotopic (exact) mass is 299 g/mol. The molecule has 4 atom stereocenters. The summed E-state index contributed by atoms with van der Waals surface area (Å²) in [5, 5.41) is 14.3. The maximum Gasteiger partial charge on any atom is 0.0616 e. The molecule has 2 aliphatic rings. The third-order valence-corrected chi connectivity index (χ3v) is 6.85. The molecule has 0 bridgehead atoms. The van der Waals surface area contributed by atoms with Crippen LogP contribution >= 0.6 is 11.8 Å². The summed E-state index contributed by atoms with van der Waals surface area (Å²) in [6, 6.07) is 0. The predicted octanol–water partition coefficient (Wildman–Crippen LogP) is 3.83. The topological polar surface area (TPSA) is 32.3 Å². The second-order valence-corrected chi connectivity index (χ2v) is 8.40. The van der Waals surface area contributed by atoms with Gasteiger partial charge in [-0.05, 0) is 56.2 Å². The molecule has 3 heteroatoms. The largest absolute Gasteiger partial charge is 0.394 e. The fraction of sp³-hybridized carbons (Fsp3) is 1.00. The van der Waals surface area contributed by atoms with Gasteiger partial charge in [0.05, 0.1) is 6.61 Å². The minimum Gasteiger partial charge on any atom is -0.394 e. The number of hydrogen-bond acceptors (Lipinski definition) is 3. The Hall–Kier alpha value is 0.270. The van der Waals surface area contributed by atoms with Crippen molar-refractivity contribution in [3.63, 3.8) is 0 Å². The lowest BCUT2D eigenvalue weighted by atomic mass is 9.86. The standard InChI is InChI=1S/C17H33NOS/c1-3-18-17(13-19)10-5-7-15(17)9-11-20-16-8-4-6-14(2)12-16/h14-16,18-19H,3-13H2,1-2H3. The number of thioether (sulfide) groups is 1. The van der Waals surface area contributed by atoms with E-state index in [2.05, 4.69) is 30.9 Å². The van der Waals surface area contributed by atoms with Crippen LogP contribution in [0, 0.1) is 11.8 Å². The van der Waals surface area contributed by atoms with Gasteiger partial charge in [-0.3, -0.25) is 0 Å². The van der Waals surface area contributed by atoms with Gasteiger partial charge in [0.15, 0.2) is 0 Å². The molecule has 0 aromatic heterocycles. The summed E-state index contributed by atoms with van der Waals surface area (Å²) in [4.78, 5) is 0. The first-order valence-electron chi connectivity index (χ1n) is 8.67. The Balaban J connectivity index is 1.75. The predicted molar refractivity (Wildman–Crippen MR) is 89.3 cm³/mol. The quantitative estimate of drug-likeness (QED) is 0.749. The van der Waals surface area contributed by atoms with E-state index in [9.17, 15) is 5.11 Å². The van der Waals surface area contributed by atoms with E-state index in [1.807, 2.05) is 0 Å². The van der Waals surface area contributed by atoms with Gasteiger partial charge in [0.25, 0.3) is 0 Å². The van der Waals surface area contributed by atoms with E-state index in [1.54, 1.807) is 0 Å². The third kappa shape index (κ3) is 4.14. The second kappa shape index (κ2) is 8.05. The lowest BCUT2D eigenvalue weighted by molar-refractivity contribution is 0.124. The zero-order valence-corrected chi connectivity index (χ0v) is 14.2. The van der Waals surface area contributed by atoms with Crippen LogP contribution in [0.4, 0.5) is 0 Å². The molecule has 20 heavy (non-hydrogen) atoms. The van der Waals surface area contributed by atoms with Crippen LogP contribution in [0.2, 0.25) is 0 Å². The van der Waals surface area contributed by atoms with E-state index in [0.29, 0.717) is 12.5 Å². The first kappa shape index (κ1) is 16.6. The van der Waals surface area contributed by atoms with Crippen LogP contribution in [0.1, 0.15) is 65.2 Å². The number of likely N-dealkylation sites (N-methyl/N-ethyl adjacent to an activating group) is 1. The maximum absolute atomic E-state index is 9.83. The average Bonchev–Trinajstić information content (AvgIpc) is 2.83. The summed E-state index contributed by atoms with van der Waals surface area (Å²) in [7, 11) is 0. The van der Waals surface area contributed by atoms with Gasteiger partial charge in [0.2, 0.25) is 0 Å². The zero-order valence-electron chi connectivity index (χ0n) is 13.4. The molecule has 2 nitrogen and oxygen atoms in total. The van der Waals surface area contributed by atoms with Crippen molar-refractivity contribution in [2.45, 2.75) is 76.0 Å². The van der Waals surface area contributed by atoms with Crippen LogP contribution in [0.3, 0.4) is 0 Å². The summed E-state index contributed by atoms with van der Waals surface area (Å²) < 4.78 is 0. The normalized spacial score (nSPS) is 38.2. The zero-order chi connectivity index (χ0) is 14.4. The van der Waals surface area contributed by atoms with E-state index >= 15 is 0 Å². The molecule has 2 N–H and O–H groups in total. The van der Waals surface area contributed by atoms with Crippen molar-refractivity contribution < 1.29 is 5.11 Å². The van der Waals surface area contributed by atoms with Gasteiger partial charge < -0.3 is 10.4 Å². The second-order valence-electron chi connectivity index (χ2n) is 6.99. The van der Waals surface area contributed by atoms with Crippen molar-refractivity contribution in [3.05, 3.63) is 0 Å². The highest BCUT2D eigenvalue weighted by molar-refractivity contribution is 7.99. The summed E-state index contributed by atoms with van der Waals surface area (Å²) in [5.41, 5.74) is 0.0369. The average molecular weight is 300 g/mol. The minimum absolute atomic E-state index is 0.0369. The summed E-state index contributed by atoms with van der Waals surface area (Å²) in [6.07, 6.45) is 10.7. The lowest BCUT2D eigenvalue weighted by Gasteiger charge is -2.35. The SMILES string of the molecule is CCNC1(CO)CCCC1CCSC1CCCC(C)C1. The van der Waals surface area contributed by atoms with E-state index in [1.165, 1.54) is 50.7 Å². The molecule has 0 amide bonds. The highest BCUT2D eigenvalue weighted by Crippen LogP contribution is 2.39. The number of rotatable bonds is 7. The Morgan fingerprint density at radius 1 is 1.25 bits per heavy atom. The van der Waals surface area contributed by atoms with Gasteiger partial charge in [-0.1, -0.05) is 33.1 Å². The van der Waals surface area contributed by atoms with Crippen LogP contribution in [0.5, 0.6) is 0 Å². The molecule has 2 aliphatic carbocycles. The molecule has 2 rings (SSSR count). The molecule has 0 aromatic rings. The lowest BCUT2D eigenvalue weighted by Crippen LogP contribution is -2.51. The number of aliphatic hydroxyl groups is 1. The van der Waals surface area contributed by atoms with E-state index in [4.69, 9.17) is 0 Å². The fourth-order valence-corrected chi connectivity index (χ4v) is 5.87. The van der Waals surface area contributed by atoms with Gasteiger partial charge in [-0.2, -0.15) is 11.8 Å². The van der Waals surface area contributed by atoms with E-state index in [0.717, 1.165) is 24.1 Å². The Morgan fingerprint density at radius 2 is 2.10 bits per heavy atom. The van der Waals surface area contributed by atoms with Gasteiger partial charge in [0, 0.05) is 10.8 Å². The van der Waals surface area contributed by atoms with E-state index in [-0.39, 0.29) is 5.54 Å². The molecule has 0 saturated heterocycles. The summed E-state index contributed by atoms with van der Waals surface area (Å²) in [5.74, 6) is 2.90. The minimum atomic E-state index is 0.0369. The molecule has 118 valence electrons. The fourth-order valence-electron chi connectivity index (χ4n) is 4.32. The van der Waals surface area contributed by atoms with Crippen LogP contribution in [0.25, 0.3) is 0 Å². The molecule has 2 fully saturated rings. The van der Waals surface area contributed by atoms with Crippen LogP contribution in [-0.4, -0.2) is 34.8 Å². The molecular formula is C17H33NOS. The number of aliphatic hydroxyl groups excluding tert-OH is 1. The molecule has 0 radical (unpaired) electrons. The molecule has 0 spiro atoms. The molecule has 2 saturated carbocycles. The Labute approximate surface area is 129 Å². The summed E-state index contributed by atoms with van der Waals surface area (Å²) in [6.45, 7) is 5.86. The van der Waals surface area contributed by atoms with Crippen LogP contribution in [-0.2, 0) is 0 Å². The molecular weight excluding hydrogens is 266 g/mol. The Kier molecular flexibility index (Phi) is 6.70. The van der Waals surface area contributed by atoms with E-state index < -0.39 is 0 Å². The van der Waals surface area contributed by atoms with Crippen molar-refractivity contribution in [3.8, 4) is 0 Å². The molecule has 0 heterocycles. The van der Waals surface area contributed by atoms with Gasteiger partial charge in [-0.15, -0.1) is 0 Å². The molecule has 4 unspecified atom stereocenters. The molecule has 0 aromatic carbocycles. The van der Waals surface area contributed by atoms with Gasteiger partial charge >= 0.3 is 0 Å². The van der Waals surface area contributed by atoms with Crippen molar-refractivity contribution >= 4 is 11.8 Å². The summed E-state index contributed by atoms with van der Waals surface area (Å²) >= 11 is 2.21. The van der Waals surface area contributed by atoms with Crippen LogP contribution in [0.15, 0.2) is 0 Å². The maximum atomic E-state index is 9.83. The first-order chi connectivity index (χ1) is 9.70. The smallest absolute Gasteiger partial charge is 0.0616 e. The van der Waals surface area contributed by atoms with Crippen molar-refractivity contribution in [1.29, 1.82) is 0 Å². The highest BCUT2D eigenvalue weighted by Gasteiger charge is 2.41. The first-order valence-corrected chi connectivity index (χ1v) is 9.72. The third-order valence-electron chi connectivity index (χ3n) is 5.48. The number of hydrogen-bond donors (Lipinski definition) is 2. The van der Waals surface area contributed by atoms with Crippen molar-refractivity contribution in [2.75, 3.05) is 18.9 Å². The van der Waals surface area contributed by atoms with Gasteiger partial charge in [-0.25, -0.2) is 0 Å². The Morgan fingerprint density at radius 3 is 2.80 bits per heavy atom. The van der Waals surface area contributed by atoms with Crippen molar-refractivity contribution in [1.82, 2.24) is 5.32 Å². The van der Waals surface area contributed by atoms with Crippen molar-refractivity contribution in [2.24, 2.45) is 11.8 Å². The highest BCUT2D eigenvalue weighted by atomic mass is 32.2. The Bertz CT molecular complexity index is 286. The molecule has 0 aliphatic heterocycles.